The van der Waals surface area contributed by atoms with Gasteiger partial charge in [-0.2, -0.15) is 0 Å². The number of rotatable bonds is 9. The summed E-state index contributed by atoms with van der Waals surface area (Å²) in [4.78, 5) is -0.144. The van der Waals surface area contributed by atoms with Crippen molar-refractivity contribution in [2.24, 2.45) is 0 Å². The van der Waals surface area contributed by atoms with Crippen LogP contribution in [0, 0.1) is 0 Å². The van der Waals surface area contributed by atoms with Gasteiger partial charge in [-0.25, -0.2) is 8.42 Å². The molecule has 3 aromatic rings. The van der Waals surface area contributed by atoms with Crippen molar-refractivity contribution in [1.29, 1.82) is 0 Å². The van der Waals surface area contributed by atoms with Crippen LogP contribution in [-0.2, 0) is 23.6 Å². The SMILES string of the molecule is CCOP(=O)(CN(c1c(Br)ccc2ccccc12)S(=O)(=O)c1cc(Cl)cc(Cl)c1)OCC. The lowest BCUT2D eigenvalue weighted by Crippen LogP contribution is -2.33. The van der Waals surface area contributed by atoms with Gasteiger partial charge in [-0.05, 0) is 59.4 Å². The van der Waals surface area contributed by atoms with Crippen LogP contribution >= 0.6 is 46.7 Å². The van der Waals surface area contributed by atoms with Gasteiger partial charge in [0.05, 0.1) is 23.8 Å². The van der Waals surface area contributed by atoms with Gasteiger partial charge in [0.15, 0.2) is 0 Å². The summed E-state index contributed by atoms with van der Waals surface area (Å²) < 4.78 is 53.5. The minimum atomic E-state index is -4.28. The van der Waals surface area contributed by atoms with Crippen molar-refractivity contribution in [1.82, 2.24) is 0 Å². The number of hydrogen-bond acceptors (Lipinski definition) is 5. The summed E-state index contributed by atoms with van der Waals surface area (Å²) in [5.74, 6) is 0. The van der Waals surface area contributed by atoms with Gasteiger partial charge in [-0.15, -0.1) is 0 Å². The Balaban J connectivity index is 2.30. The van der Waals surface area contributed by atoms with E-state index in [1.165, 1.54) is 18.2 Å². The lowest BCUT2D eigenvalue weighted by molar-refractivity contribution is 0.221. The molecule has 0 saturated heterocycles. The molecule has 0 aliphatic carbocycles. The molecule has 0 amide bonds. The zero-order valence-electron chi connectivity index (χ0n) is 17.3. The van der Waals surface area contributed by atoms with Crippen molar-refractivity contribution in [3.05, 3.63) is 69.1 Å². The second-order valence-electron chi connectivity index (χ2n) is 6.66. The van der Waals surface area contributed by atoms with E-state index in [2.05, 4.69) is 15.9 Å². The van der Waals surface area contributed by atoms with Gasteiger partial charge in [0.25, 0.3) is 10.0 Å². The predicted molar refractivity (Wildman–Crippen MR) is 134 cm³/mol. The Morgan fingerprint density at radius 2 is 1.56 bits per heavy atom. The van der Waals surface area contributed by atoms with Gasteiger partial charge in [0.1, 0.15) is 6.29 Å². The lowest BCUT2D eigenvalue weighted by Gasteiger charge is -2.30. The average molecular weight is 581 g/mol. The Labute approximate surface area is 206 Å². The second kappa shape index (κ2) is 10.4. The van der Waals surface area contributed by atoms with Crippen molar-refractivity contribution < 1.29 is 22.0 Å². The highest BCUT2D eigenvalue weighted by Crippen LogP contribution is 2.51. The number of anilines is 1. The molecule has 0 radical (unpaired) electrons. The predicted octanol–water partition coefficient (Wildman–Crippen LogP) is 7.33. The molecule has 0 aliphatic rings. The van der Waals surface area contributed by atoms with Crippen LogP contribution < -0.4 is 4.31 Å². The number of nitrogens with zero attached hydrogens (tertiary/aromatic N) is 1. The Hall–Kier alpha value is -1.12. The molecule has 0 fully saturated rings. The van der Waals surface area contributed by atoms with Crippen LogP contribution in [0.25, 0.3) is 10.8 Å². The zero-order chi connectivity index (χ0) is 23.5. The first-order chi connectivity index (χ1) is 15.1. The van der Waals surface area contributed by atoms with Crippen LogP contribution in [0.5, 0.6) is 0 Å². The molecule has 0 atom stereocenters. The van der Waals surface area contributed by atoms with Gasteiger partial charge in [-0.1, -0.05) is 53.5 Å². The van der Waals surface area contributed by atoms with Gasteiger partial charge in [-0.3, -0.25) is 8.87 Å². The number of benzene rings is 3. The summed E-state index contributed by atoms with van der Waals surface area (Å²) in [5.41, 5.74) is 0.304. The molecule has 0 bridgehead atoms. The fourth-order valence-corrected chi connectivity index (χ4v) is 8.31. The molecule has 3 aromatic carbocycles. The normalized spacial score (nSPS) is 12.3. The maximum absolute atomic E-state index is 13.9. The number of hydrogen-bond donors (Lipinski definition) is 0. The van der Waals surface area contributed by atoms with Crippen molar-refractivity contribution in [2.45, 2.75) is 18.7 Å². The van der Waals surface area contributed by atoms with E-state index in [0.717, 1.165) is 9.69 Å². The van der Waals surface area contributed by atoms with Crippen LogP contribution in [0.15, 0.2) is 64.0 Å². The minimum absolute atomic E-state index is 0.0882. The first-order valence-electron chi connectivity index (χ1n) is 9.65. The fraction of sp³-hybridized carbons (Fsp3) is 0.238. The van der Waals surface area contributed by atoms with E-state index in [4.69, 9.17) is 32.2 Å². The first-order valence-corrected chi connectivity index (χ1v) is 14.4. The molecule has 3 rings (SSSR count). The number of sulfonamides is 1. The van der Waals surface area contributed by atoms with Crippen LogP contribution in [0.2, 0.25) is 10.0 Å². The third-order valence-electron chi connectivity index (χ3n) is 4.48. The summed E-state index contributed by atoms with van der Waals surface area (Å²) in [6.07, 6.45) is -0.534. The molecule has 6 nitrogen and oxygen atoms in total. The average Bonchev–Trinajstić information content (AvgIpc) is 2.72. The monoisotopic (exact) mass is 579 g/mol. The maximum Gasteiger partial charge on any atom is 0.350 e. The number of halogens is 3. The third-order valence-corrected chi connectivity index (χ3v) is 9.40. The van der Waals surface area contributed by atoms with E-state index in [1.54, 1.807) is 32.0 Å². The highest BCUT2D eigenvalue weighted by molar-refractivity contribution is 9.10. The Bertz CT molecular complexity index is 1260. The van der Waals surface area contributed by atoms with Gasteiger partial charge in [0.2, 0.25) is 0 Å². The van der Waals surface area contributed by atoms with Crippen LogP contribution in [-0.4, -0.2) is 27.9 Å². The molecule has 0 saturated carbocycles. The van der Waals surface area contributed by atoms with Crippen molar-refractivity contribution in [3.8, 4) is 0 Å². The van der Waals surface area contributed by atoms with E-state index in [-0.39, 0.29) is 28.2 Å². The second-order valence-corrected chi connectivity index (χ2v) is 12.3. The highest BCUT2D eigenvalue weighted by Gasteiger charge is 2.37. The van der Waals surface area contributed by atoms with Crippen molar-refractivity contribution in [2.75, 3.05) is 23.8 Å². The largest absolute Gasteiger partial charge is 0.350 e. The minimum Gasteiger partial charge on any atom is -0.308 e. The maximum atomic E-state index is 13.9. The van der Waals surface area contributed by atoms with Crippen molar-refractivity contribution >= 4 is 73.2 Å². The fourth-order valence-electron chi connectivity index (χ4n) is 3.22. The van der Waals surface area contributed by atoms with E-state index >= 15 is 0 Å². The summed E-state index contributed by atoms with van der Waals surface area (Å²) in [6, 6.07) is 14.9. The summed E-state index contributed by atoms with van der Waals surface area (Å²) in [5, 5.41) is 1.76. The molecule has 0 N–H and O–H groups in total. The third kappa shape index (κ3) is 5.50. The summed E-state index contributed by atoms with van der Waals surface area (Å²) in [6.45, 7) is 3.50. The molecular weight excluding hydrogens is 560 g/mol. The zero-order valence-corrected chi connectivity index (χ0v) is 22.1. The van der Waals surface area contributed by atoms with Crippen molar-refractivity contribution in [3.63, 3.8) is 0 Å². The summed E-state index contributed by atoms with van der Waals surface area (Å²) in [7, 11) is -8.10. The molecular formula is C21H21BrCl2NO5PS. The van der Waals surface area contributed by atoms with E-state index in [1.807, 2.05) is 18.2 Å². The van der Waals surface area contributed by atoms with E-state index in [9.17, 15) is 13.0 Å². The van der Waals surface area contributed by atoms with Gasteiger partial charge < -0.3 is 9.05 Å². The molecule has 0 aromatic heterocycles. The molecule has 0 unspecified atom stereocenters. The Morgan fingerprint density at radius 1 is 0.969 bits per heavy atom. The lowest BCUT2D eigenvalue weighted by atomic mass is 10.1. The molecule has 11 heteroatoms. The molecule has 0 heterocycles. The van der Waals surface area contributed by atoms with Crippen LogP contribution in [0.3, 0.4) is 0 Å². The van der Waals surface area contributed by atoms with E-state index in [0.29, 0.717) is 15.5 Å². The Morgan fingerprint density at radius 3 is 2.16 bits per heavy atom. The standard InChI is InChI=1S/C21H21BrCl2NO5PS/c1-3-29-31(26,30-4-2)14-25(32(27,28)18-12-16(23)11-17(24)13-18)21-19-8-6-5-7-15(19)9-10-20(21)22/h5-13H,3-4,14H2,1-2H3. The topological polar surface area (TPSA) is 72.9 Å². The molecule has 0 spiro atoms. The summed E-state index contributed by atoms with van der Waals surface area (Å²) >= 11 is 15.6. The number of fused-ring (bicyclic) bond motifs is 1. The molecule has 32 heavy (non-hydrogen) atoms. The molecule has 172 valence electrons. The smallest absolute Gasteiger partial charge is 0.308 e. The Kier molecular flexibility index (Phi) is 8.31. The highest BCUT2D eigenvalue weighted by atomic mass is 79.9. The van der Waals surface area contributed by atoms with E-state index < -0.39 is 23.9 Å². The van der Waals surface area contributed by atoms with Gasteiger partial charge >= 0.3 is 7.60 Å². The van der Waals surface area contributed by atoms with Crippen LogP contribution in [0.1, 0.15) is 13.8 Å². The first kappa shape index (κ1) is 25.5. The quantitative estimate of drug-likeness (QED) is 0.248. The van der Waals surface area contributed by atoms with Crippen LogP contribution in [0.4, 0.5) is 5.69 Å². The molecule has 0 aliphatic heterocycles. The van der Waals surface area contributed by atoms with Gasteiger partial charge in [0, 0.05) is 19.9 Å².